The van der Waals surface area contributed by atoms with Crippen molar-refractivity contribution in [2.24, 2.45) is 0 Å². The Morgan fingerprint density at radius 3 is 1.26 bits per heavy atom. The summed E-state index contributed by atoms with van der Waals surface area (Å²) in [4.78, 5) is 25.9. The topological polar surface area (TPSA) is 356 Å². The van der Waals surface area contributed by atoms with Gasteiger partial charge in [-0.2, -0.15) is 0 Å². The SMILES string of the molecule is CCCCCCCCCCCCCCCCCCCCC[C@@H](O)C(=O)N[C@@H](CO[C@H]1O[C@H](CO[C@@H]2O[C@H](CO)[C@H](O)[C@H](O)[C@H]2NC(C)=O)[C@H](O)[C@H](O)[C@H]1O[C@H]1O[C@H](CO)[C@H](O)[C@H](O)[C@H]1O)[C@H](O)[C@H](O)CCCCCCCCCCCCCCCCC. The summed E-state index contributed by atoms with van der Waals surface area (Å²) in [5.41, 5.74) is 0. The van der Waals surface area contributed by atoms with Crippen molar-refractivity contribution in [3.63, 3.8) is 0 Å². The van der Waals surface area contributed by atoms with Crippen LogP contribution in [0.2, 0.25) is 0 Å². The molecule has 0 aromatic rings. The molecule has 3 saturated heterocycles. The third-order valence-electron chi connectivity index (χ3n) is 17.5. The lowest BCUT2D eigenvalue weighted by Gasteiger charge is -2.47. The zero-order chi connectivity index (χ0) is 63.1. The van der Waals surface area contributed by atoms with Crippen LogP contribution in [0.1, 0.15) is 252 Å². The van der Waals surface area contributed by atoms with Crippen molar-refractivity contribution >= 4 is 11.8 Å². The minimum absolute atomic E-state index is 0.130. The summed E-state index contributed by atoms with van der Waals surface area (Å²) in [6.07, 6.45) is 11.3. The lowest BCUT2D eigenvalue weighted by Crippen LogP contribution is -2.66. The molecule has 3 aliphatic heterocycles. The van der Waals surface area contributed by atoms with Gasteiger partial charge >= 0.3 is 0 Å². The molecular formula is C64H122N2O20. The molecule has 508 valence electrons. The second-order valence-corrected chi connectivity index (χ2v) is 25.0. The average Bonchev–Trinajstić information content (AvgIpc) is 3.70. The maximum atomic E-state index is 13.8. The van der Waals surface area contributed by atoms with Crippen LogP contribution < -0.4 is 10.6 Å². The molecule has 0 bridgehead atoms. The number of amides is 2. The van der Waals surface area contributed by atoms with Crippen molar-refractivity contribution in [3.05, 3.63) is 0 Å². The molecule has 0 aromatic heterocycles. The quantitative estimate of drug-likeness (QED) is 0.0346. The van der Waals surface area contributed by atoms with Crippen LogP contribution in [0.25, 0.3) is 0 Å². The highest BCUT2D eigenvalue weighted by atomic mass is 16.8. The van der Waals surface area contributed by atoms with E-state index in [1.165, 1.54) is 154 Å². The molecule has 3 aliphatic rings. The molecule has 0 unspecified atom stereocenters. The number of rotatable bonds is 51. The molecule has 86 heavy (non-hydrogen) atoms. The molecule has 0 saturated carbocycles. The van der Waals surface area contributed by atoms with Crippen molar-refractivity contribution in [1.82, 2.24) is 10.6 Å². The van der Waals surface area contributed by atoms with Gasteiger partial charge < -0.3 is 100 Å². The molecule has 0 spiro atoms. The predicted molar refractivity (Wildman–Crippen MR) is 324 cm³/mol. The third kappa shape index (κ3) is 30.1. The number of ether oxygens (including phenoxy) is 6. The number of nitrogens with one attached hydrogen (secondary N) is 2. The molecule has 19 atom stereocenters. The van der Waals surface area contributed by atoms with E-state index in [0.717, 1.165) is 58.3 Å². The summed E-state index contributed by atoms with van der Waals surface area (Å²) in [7, 11) is 0. The Morgan fingerprint density at radius 1 is 0.442 bits per heavy atom. The van der Waals surface area contributed by atoms with Crippen molar-refractivity contribution in [2.75, 3.05) is 26.4 Å². The number of aliphatic hydroxyl groups excluding tert-OH is 12. The molecule has 0 aromatic carbocycles. The van der Waals surface area contributed by atoms with Crippen LogP contribution in [0.5, 0.6) is 0 Å². The molecule has 3 fully saturated rings. The number of hydrogen-bond acceptors (Lipinski definition) is 20. The van der Waals surface area contributed by atoms with E-state index in [4.69, 9.17) is 28.4 Å². The van der Waals surface area contributed by atoms with Gasteiger partial charge in [0.2, 0.25) is 11.8 Å². The van der Waals surface area contributed by atoms with Gasteiger partial charge in [-0.05, 0) is 12.8 Å². The van der Waals surface area contributed by atoms with Gasteiger partial charge in [0.1, 0.15) is 85.4 Å². The number of carbonyl (C=O) groups is 2. The van der Waals surface area contributed by atoms with Gasteiger partial charge in [-0.1, -0.05) is 232 Å². The van der Waals surface area contributed by atoms with Crippen molar-refractivity contribution in [2.45, 2.75) is 368 Å². The zero-order valence-electron chi connectivity index (χ0n) is 52.9. The highest BCUT2D eigenvalue weighted by Crippen LogP contribution is 2.32. The van der Waals surface area contributed by atoms with E-state index in [2.05, 4.69) is 24.5 Å². The molecular weight excluding hydrogens is 1120 g/mol. The van der Waals surface area contributed by atoms with Gasteiger partial charge in [0.05, 0.1) is 38.6 Å². The zero-order valence-corrected chi connectivity index (χ0v) is 52.9. The second-order valence-electron chi connectivity index (χ2n) is 25.0. The van der Waals surface area contributed by atoms with Gasteiger partial charge in [0, 0.05) is 6.92 Å². The molecule has 14 N–H and O–H groups in total. The Labute approximate surface area is 514 Å². The minimum Gasteiger partial charge on any atom is -0.394 e. The van der Waals surface area contributed by atoms with E-state index >= 15 is 0 Å². The van der Waals surface area contributed by atoms with E-state index in [1.54, 1.807) is 0 Å². The largest absolute Gasteiger partial charge is 0.394 e. The van der Waals surface area contributed by atoms with Crippen LogP contribution in [0.15, 0.2) is 0 Å². The van der Waals surface area contributed by atoms with Crippen LogP contribution >= 0.6 is 0 Å². The van der Waals surface area contributed by atoms with Gasteiger partial charge in [-0.25, -0.2) is 0 Å². The number of hydrogen-bond donors (Lipinski definition) is 14. The summed E-state index contributed by atoms with van der Waals surface area (Å²) < 4.78 is 35.3. The van der Waals surface area contributed by atoms with Gasteiger partial charge in [-0.3, -0.25) is 9.59 Å². The first-order valence-electron chi connectivity index (χ1n) is 34.0. The molecule has 3 heterocycles. The Morgan fingerprint density at radius 2 is 0.826 bits per heavy atom. The highest BCUT2D eigenvalue weighted by Gasteiger charge is 2.52. The van der Waals surface area contributed by atoms with Crippen LogP contribution in [-0.4, -0.2) is 216 Å². The van der Waals surface area contributed by atoms with Crippen LogP contribution in [-0.2, 0) is 38.0 Å². The second kappa shape index (κ2) is 47.2. The van der Waals surface area contributed by atoms with Crippen molar-refractivity contribution in [1.29, 1.82) is 0 Å². The van der Waals surface area contributed by atoms with Crippen molar-refractivity contribution < 1.29 is 99.3 Å². The summed E-state index contributed by atoms with van der Waals surface area (Å²) >= 11 is 0. The molecule has 0 radical (unpaired) electrons. The Bertz CT molecular complexity index is 1680. The normalized spacial score (nSPS) is 29.4. The monoisotopic (exact) mass is 1240 g/mol. The van der Waals surface area contributed by atoms with Gasteiger partial charge in [-0.15, -0.1) is 0 Å². The van der Waals surface area contributed by atoms with Crippen LogP contribution in [0.4, 0.5) is 0 Å². The van der Waals surface area contributed by atoms with E-state index in [0.29, 0.717) is 12.8 Å². The lowest BCUT2D eigenvalue weighted by molar-refractivity contribution is -0.371. The molecule has 22 nitrogen and oxygen atoms in total. The summed E-state index contributed by atoms with van der Waals surface area (Å²) in [6.45, 7) is 2.68. The first-order valence-corrected chi connectivity index (χ1v) is 34.0. The Balaban J connectivity index is 1.67. The fraction of sp³-hybridized carbons (Fsp3) is 0.969. The maximum Gasteiger partial charge on any atom is 0.249 e. The minimum atomic E-state index is -2.01. The first kappa shape index (κ1) is 78.5. The van der Waals surface area contributed by atoms with E-state index in [1.807, 2.05) is 0 Å². The fourth-order valence-corrected chi connectivity index (χ4v) is 11.9. The van der Waals surface area contributed by atoms with E-state index in [-0.39, 0.29) is 12.8 Å². The van der Waals surface area contributed by atoms with Gasteiger partial charge in [0.25, 0.3) is 0 Å². The van der Waals surface area contributed by atoms with E-state index < -0.39 is 155 Å². The standard InChI is InChI=1S/C64H122N2O20/c1-4-6-8-10-12-14-16-18-20-21-22-23-25-27-29-31-33-35-37-39-47(71)61(80)66-45(52(72)46(70)38-36-34-32-30-28-26-24-19-17-15-13-11-9-7-5-2)42-81-64-60(86-63-59(79)57(77)54(74)49(41-68)84-63)58(78)55(75)50(85-64)43-82-62-51(65-44(3)69)56(76)53(73)48(40-67)83-62/h45-60,62-64,67-68,70-79H,4-43H2,1-3H3,(H,65,69)(H,66,80)/t45-,46+,47+,48+,49+,50+,51+,52-,53-,54-,55-,56+,57-,58-,59+,60+,62+,63+,64-/m0/s1. The number of unbranched alkanes of at least 4 members (excludes halogenated alkanes) is 32. The maximum absolute atomic E-state index is 13.8. The highest BCUT2D eigenvalue weighted by molar-refractivity contribution is 5.80. The molecule has 3 rings (SSSR count). The number of carbonyl (C=O) groups excluding carboxylic acids is 2. The number of aliphatic hydroxyl groups is 12. The average molecular weight is 1240 g/mol. The molecule has 2 amide bonds. The summed E-state index contributed by atoms with van der Waals surface area (Å²) in [5.74, 6) is -1.47. The first-order chi connectivity index (χ1) is 41.5. The summed E-state index contributed by atoms with van der Waals surface area (Å²) in [5, 5.41) is 136. The smallest absolute Gasteiger partial charge is 0.249 e. The fourth-order valence-electron chi connectivity index (χ4n) is 11.9. The Hall–Kier alpha value is -1.78. The molecule has 22 heteroatoms. The van der Waals surface area contributed by atoms with E-state index in [9.17, 15) is 70.9 Å². The Kier molecular flexibility index (Phi) is 43.0. The summed E-state index contributed by atoms with van der Waals surface area (Å²) in [6, 6.07) is -2.82. The van der Waals surface area contributed by atoms with Crippen molar-refractivity contribution in [3.8, 4) is 0 Å². The third-order valence-corrected chi connectivity index (χ3v) is 17.5. The van der Waals surface area contributed by atoms with Gasteiger partial charge in [0.15, 0.2) is 18.9 Å². The predicted octanol–water partition coefficient (Wildman–Crippen LogP) is 5.25. The van der Waals surface area contributed by atoms with Crippen LogP contribution in [0, 0.1) is 0 Å². The lowest BCUT2D eigenvalue weighted by atomic mass is 9.96. The molecule has 0 aliphatic carbocycles. The van der Waals surface area contributed by atoms with Crippen LogP contribution in [0.3, 0.4) is 0 Å².